The van der Waals surface area contributed by atoms with Crippen LogP contribution in [0.3, 0.4) is 0 Å². The van der Waals surface area contributed by atoms with Gasteiger partial charge in [0.05, 0.1) is 12.3 Å². The van der Waals surface area contributed by atoms with Crippen molar-refractivity contribution in [3.05, 3.63) is 65.9 Å². The van der Waals surface area contributed by atoms with Crippen LogP contribution in [0.25, 0.3) is 11.3 Å². The first kappa shape index (κ1) is 19.4. The van der Waals surface area contributed by atoms with Gasteiger partial charge < -0.3 is 19.9 Å². The molecule has 2 N–H and O–H groups in total. The van der Waals surface area contributed by atoms with E-state index in [4.69, 9.17) is 24.9 Å². The number of aliphatic imine (C=N–C) groups is 1. The normalized spacial score (nSPS) is 19.1. The zero-order chi connectivity index (χ0) is 21.6. The van der Waals surface area contributed by atoms with Gasteiger partial charge in [0.1, 0.15) is 23.9 Å². The van der Waals surface area contributed by atoms with E-state index in [2.05, 4.69) is 31.0 Å². The van der Waals surface area contributed by atoms with E-state index >= 15 is 0 Å². The van der Waals surface area contributed by atoms with Crippen molar-refractivity contribution in [1.82, 2.24) is 10.2 Å². The molecule has 7 heteroatoms. The number of fused-ring (bicyclic) bond motifs is 4. The largest absolute Gasteiger partial charge is 0.493 e. The van der Waals surface area contributed by atoms with E-state index in [9.17, 15) is 0 Å². The van der Waals surface area contributed by atoms with E-state index in [1.165, 1.54) is 0 Å². The van der Waals surface area contributed by atoms with Crippen LogP contribution in [0.1, 0.15) is 31.9 Å². The van der Waals surface area contributed by atoms with E-state index in [1.807, 2.05) is 48.5 Å². The highest BCUT2D eigenvalue weighted by Crippen LogP contribution is 2.52. The van der Waals surface area contributed by atoms with Crippen molar-refractivity contribution in [2.24, 2.45) is 16.1 Å². The quantitative estimate of drug-likeness (QED) is 0.686. The van der Waals surface area contributed by atoms with Crippen molar-refractivity contribution >= 4 is 6.02 Å². The monoisotopic (exact) mass is 416 g/mol. The van der Waals surface area contributed by atoms with Crippen LogP contribution in [0, 0.1) is 5.41 Å². The van der Waals surface area contributed by atoms with Crippen LogP contribution in [-0.4, -0.2) is 29.4 Å². The topological polar surface area (TPSA) is 91.9 Å². The number of hydrogen-bond donors (Lipinski definition) is 1. The SMILES string of the molecule is CC(C)(C)COc1ccc2c(c1)[C@]1(COC(N)=N1)c1cc(-c3cccnn3)ccc1O2. The minimum atomic E-state index is -0.813. The van der Waals surface area contributed by atoms with Crippen molar-refractivity contribution in [1.29, 1.82) is 0 Å². The second kappa shape index (κ2) is 6.97. The molecule has 2 aliphatic heterocycles. The van der Waals surface area contributed by atoms with Crippen LogP contribution >= 0.6 is 0 Å². The number of benzene rings is 2. The molecular formula is C24H24N4O3. The fraction of sp³-hybridized carbons (Fsp3) is 0.292. The summed E-state index contributed by atoms with van der Waals surface area (Å²) >= 11 is 0. The van der Waals surface area contributed by atoms with Crippen LogP contribution in [0.2, 0.25) is 0 Å². The molecule has 0 bridgehead atoms. The molecule has 1 spiro atoms. The van der Waals surface area contributed by atoms with Crippen molar-refractivity contribution in [2.45, 2.75) is 26.3 Å². The summed E-state index contributed by atoms with van der Waals surface area (Å²) in [6.07, 6.45) is 1.65. The van der Waals surface area contributed by atoms with Crippen LogP contribution in [0.5, 0.6) is 17.2 Å². The zero-order valence-electron chi connectivity index (χ0n) is 17.8. The molecule has 0 radical (unpaired) electrons. The Morgan fingerprint density at radius 3 is 2.52 bits per heavy atom. The van der Waals surface area contributed by atoms with Crippen LogP contribution in [0.15, 0.2) is 59.7 Å². The van der Waals surface area contributed by atoms with Gasteiger partial charge in [-0.05, 0) is 53.9 Å². The summed E-state index contributed by atoms with van der Waals surface area (Å²) in [5.41, 5.74) is 8.64. The Hall–Kier alpha value is -3.61. The predicted molar refractivity (Wildman–Crippen MR) is 117 cm³/mol. The van der Waals surface area contributed by atoms with E-state index in [0.29, 0.717) is 18.1 Å². The summed E-state index contributed by atoms with van der Waals surface area (Å²) in [5, 5.41) is 8.22. The van der Waals surface area contributed by atoms with Gasteiger partial charge in [0.25, 0.3) is 6.02 Å². The van der Waals surface area contributed by atoms with Gasteiger partial charge in [0.15, 0.2) is 5.54 Å². The van der Waals surface area contributed by atoms with Gasteiger partial charge in [-0.1, -0.05) is 20.8 Å². The van der Waals surface area contributed by atoms with Gasteiger partial charge >= 0.3 is 0 Å². The summed E-state index contributed by atoms with van der Waals surface area (Å²) in [6, 6.07) is 15.7. The average molecular weight is 416 g/mol. The second-order valence-corrected chi connectivity index (χ2v) is 9.03. The summed E-state index contributed by atoms with van der Waals surface area (Å²) in [5.74, 6) is 2.18. The highest BCUT2D eigenvalue weighted by Gasteiger charge is 2.47. The van der Waals surface area contributed by atoms with E-state index in [1.54, 1.807) is 6.20 Å². The zero-order valence-corrected chi connectivity index (χ0v) is 17.8. The molecule has 3 aromatic rings. The minimum absolute atomic E-state index is 0.0430. The lowest BCUT2D eigenvalue weighted by Crippen LogP contribution is -2.31. The fourth-order valence-corrected chi connectivity index (χ4v) is 3.84. The third-order valence-electron chi connectivity index (χ3n) is 5.31. The summed E-state index contributed by atoms with van der Waals surface area (Å²) < 4.78 is 17.9. The lowest BCUT2D eigenvalue weighted by atomic mass is 9.80. The molecule has 1 aromatic heterocycles. The van der Waals surface area contributed by atoms with Gasteiger partial charge in [-0.2, -0.15) is 10.2 Å². The third-order valence-corrected chi connectivity index (χ3v) is 5.31. The molecule has 0 unspecified atom stereocenters. The summed E-state index contributed by atoms with van der Waals surface area (Å²) in [6.45, 7) is 7.28. The molecule has 0 aliphatic carbocycles. The van der Waals surface area contributed by atoms with Crippen molar-refractivity contribution in [3.63, 3.8) is 0 Å². The average Bonchev–Trinajstić information content (AvgIpc) is 3.15. The Bertz CT molecular complexity index is 1170. The Morgan fingerprint density at radius 2 is 1.84 bits per heavy atom. The lowest BCUT2D eigenvalue weighted by Gasteiger charge is -2.34. The Balaban J connectivity index is 1.63. The molecule has 2 aromatic carbocycles. The van der Waals surface area contributed by atoms with Gasteiger partial charge in [-0.3, -0.25) is 0 Å². The molecule has 0 amide bonds. The number of amidine groups is 1. The minimum Gasteiger partial charge on any atom is -0.493 e. The molecule has 7 nitrogen and oxygen atoms in total. The van der Waals surface area contributed by atoms with Gasteiger partial charge in [0, 0.05) is 22.9 Å². The Morgan fingerprint density at radius 1 is 1.06 bits per heavy atom. The molecule has 2 aliphatic rings. The third kappa shape index (κ3) is 3.46. The molecule has 31 heavy (non-hydrogen) atoms. The summed E-state index contributed by atoms with van der Waals surface area (Å²) in [7, 11) is 0. The maximum absolute atomic E-state index is 6.23. The molecule has 3 heterocycles. The first-order chi connectivity index (χ1) is 14.8. The first-order valence-corrected chi connectivity index (χ1v) is 10.2. The standard InChI is InChI=1S/C24H24N4O3/c1-23(2,3)13-29-16-7-9-21-18(12-16)24(14-30-22(25)27-24)17-11-15(6-8-20(17)31-21)19-5-4-10-26-28-19/h4-12H,13-14H2,1-3H3,(H2,25,27)/t24-/m0/s1. The van der Waals surface area contributed by atoms with Crippen molar-refractivity contribution in [2.75, 3.05) is 13.2 Å². The van der Waals surface area contributed by atoms with E-state index < -0.39 is 5.54 Å². The number of hydrogen-bond acceptors (Lipinski definition) is 7. The maximum Gasteiger partial charge on any atom is 0.283 e. The Kier molecular flexibility index (Phi) is 4.36. The van der Waals surface area contributed by atoms with E-state index in [-0.39, 0.29) is 18.0 Å². The fourth-order valence-electron chi connectivity index (χ4n) is 3.84. The number of rotatable bonds is 3. The molecule has 1 atom stereocenters. The first-order valence-electron chi connectivity index (χ1n) is 10.2. The lowest BCUT2D eigenvalue weighted by molar-refractivity contribution is 0.197. The van der Waals surface area contributed by atoms with Gasteiger partial charge in [-0.15, -0.1) is 0 Å². The molecule has 158 valence electrons. The highest BCUT2D eigenvalue weighted by molar-refractivity contribution is 5.77. The van der Waals surface area contributed by atoms with Crippen molar-refractivity contribution < 1.29 is 14.2 Å². The molecule has 0 saturated heterocycles. The van der Waals surface area contributed by atoms with Crippen molar-refractivity contribution in [3.8, 4) is 28.5 Å². The van der Waals surface area contributed by atoms with Crippen LogP contribution in [-0.2, 0) is 10.3 Å². The van der Waals surface area contributed by atoms with Crippen LogP contribution < -0.4 is 15.2 Å². The molecule has 0 fully saturated rings. The molecular weight excluding hydrogens is 392 g/mol. The van der Waals surface area contributed by atoms with Gasteiger partial charge in [0.2, 0.25) is 0 Å². The summed E-state index contributed by atoms with van der Waals surface area (Å²) in [4.78, 5) is 4.75. The Labute approximate surface area is 180 Å². The van der Waals surface area contributed by atoms with Crippen LogP contribution in [0.4, 0.5) is 0 Å². The number of nitrogens with zero attached hydrogens (tertiary/aromatic N) is 3. The smallest absolute Gasteiger partial charge is 0.283 e. The molecule has 0 saturated carbocycles. The number of nitrogens with two attached hydrogens (primary N) is 1. The highest BCUT2D eigenvalue weighted by atomic mass is 16.5. The maximum atomic E-state index is 6.23. The van der Waals surface area contributed by atoms with Gasteiger partial charge in [-0.25, -0.2) is 4.99 Å². The second-order valence-electron chi connectivity index (χ2n) is 9.03. The number of ether oxygens (including phenoxy) is 3. The predicted octanol–water partition coefficient (Wildman–Crippen LogP) is 4.26. The number of aromatic nitrogens is 2. The molecule has 5 rings (SSSR count). The van der Waals surface area contributed by atoms with E-state index in [0.717, 1.165) is 28.1 Å².